The monoisotopic (exact) mass is 359 g/mol. The number of nitrogens with one attached hydrogen (secondary N) is 1. The number of hydrogen-bond donors (Lipinski definition) is 2. The maximum absolute atomic E-state index is 9.67. The molecule has 2 rings (SSSR count). The minimum absolute atomic E-state index is 0.000797. The van der Waals surface area contributed by atoms with Crippen LogP contribution in [0.4, 0.5) is 0 Å². The van der Waals surface area contributed by atoms with Crippen molar-refractivity contribution < 1.29 is 19.3 Å². The van der Waals surface area contributed by atoms with Crippen molar-refractivity contribution in [1.29, 1.82) is 0 Å². The van der Waals surface area contributed by atoms with Crippen LogP contribution < -0.4 is 14.8 Å². The van der Waals surface area contributed by atoms with Crippen LogP contribution in [0.15, 0.2) is 16.6 Å². The molecule has 1 aromatic rings. The van der Waals surface area contributed by atoms with Gasteiger partial charge in [0.2, 0.25) is 0 Å². The van der Waals surface area contributed by atoms with Crippen LogP contribution in [-0.4, -0.2) is 45.2 Å². The topological polar surface area (TPSA) is 60.0 Å². The van der Waals surface area contributed by atoms with E-state index in [1.165, 1.54) is 0 Å². The largest absolute Gasteiger partial charge is 0.493 e. The molecule has 118 valence electrons. The van der Waals surface area contributed by atoms with E-state index in [4.69, 9.17) is 14.2 Å². The van der Waals surface area contributed by atoms with E-state index in [1.807, 2.05) is 12.1 Å². The Morgan fingerprint density at radius 1 is 1.38 bits per heavy atom. The van der Waals surface area contributed by atoms with E-state index in [0.717, 1.165) is 36.0 Å². The second-order valence-corrected chi connectivity index (χ2v) is 5.86. The Balaban J connectivity index is 2.12. The van der Waals surface area contributed by atoms with Crippen molar-refractivity contribution in [3.63, 3.8) is 0 Å². The molecule has 1 aromatic carbocycles. The van der Waals surface area contributed by atoms with Crippen LogP contribution in [0.25, 0.3) is 0 Å². The Morgan fingerprint density at radius 3 is 2.67 bits per heavy atom. The van der Waals surface area contributed by atoms with Gasteiger partial charge < -0.3 is 24.6 Å². The lowest BCUT2D eigenvalue weighted by Crippen LogP contribution is -2.32. The molecular formula is C15H22BrNO4. The first-order valence-corrected chi connectivity index (χ1v) is 7.86. The summed E-state index contributed by atoms with van der Waals surface area (Å²) in [6, 6.07) is 3.56. The number of aliphatic hydroxyl groups is 1. The van der Waals surface area contributed by atoms with Crippen LogP contribution in [0.2, 0.25) is 0 Å². The van der Waals surface area contributed by atoms with Gasteiger partial charge in [-0.1, -0.05) is 15.9 Å². The summed E-state index contributed by atoms with van der Waals surface area (Å²) in [6.45, 7) is 1.56. The highest BCUT2D eigenvalue weighted by atomic mass is 79.9. The van der Waals surface area contributed by atoms with Crippen molar-refractivity contribution in [3.8, 4) is 11.5 Å². The number of ether oxygens (including phenoxy) is 3. The molecule has 0 spiro atoms. The molecular weight excluding hydrogens is 338 g/mol. The van der Waals surface area contributed by atoms with Crippen molar-refractivity contribution in [2.45, 2.75) is 25.0 Å². The Labute approximate surface area is 133 Å². The molecule has 0 aromatic heterocycles. The maximum Gasteiger partial charge on any atom is 0.161 e. The molecule has 5 nitrogen and oxygen atoms in total. The lowest BCUT2D eigenvalue weighted by Gasteiger charge is -2.21. The summed E-state index contributed by atoms with van der Waals surface area (Å²) in [5.41, 5.74) is 0.938. The molecule has 2 atom stereocenters. The van der Waals surface area contributed by atoms with E-state index >= 15 is 0 Å². The van der Waals surface area contributed by atoms with Crippen molar-refractivity contribution in [3.05, 3.63) is 22.2 Å². The zero-order valence-electron chi connectivity index (χ0n) is 12.4. The molecule has 1 heterocycles. The third-order valence-corrected chi connectivity index (χ3v) is 4.36. The summed E-state index contributed by atoms with van der Waals surface area (Å²) in [7, 11) is 3.20. The fourth-order valence-corrected chi connectivity index (χ4v) is 3.09. The summed E-state index contributed by atoms with van der Waals surface area (Å²) in [5.74, 6) is 1.30. The van der Waals surface area contributed by atoms with Gasteiger partial charge in [-0.25, -0.2) is 0 Å². The lowest BCUT2D eigenvalue weighted by molar-refractivity contribution is 0.104. The molecule has 0 radical (unpaired) electrons. The van der Waals surface area contributed by atoms with Gasteiger partial charge in [-0.3, -0.25) is 0 Å². The van der Waals surface area contributed by atoms with Gasteiger partial charge in [0.05, 0.1) is 33.0 Å². The molecule has 0 amide bonds. The standard InChI is InChI=1S/C15H22BrNO4/c1-19-14-6-11(12(16)7-15(14)20-2)13(9-18)17-8-10-4-3-5-21-10/h6-7,10,13,17-18H,3-5,8-9H2,1-2H3. The van der Waals surface area contributed by atoms with E-state index in [-0.39, 0.29) is 18.8 Å². The Bertz CT molecular complexity index is 463. The van der Waals surface area contributed by atoms with Crippen molar-refractivity contribution >= 4 is 15.9 Å². The molecule has 0 aliphatic carbocycles. The van der Waals surface area contributed by atoms with Gasteiger partial charge in [-0.2, -0.15) is 0 Å². The fourth-order valence-electron chi connectivity index (χ4n) is 2.49. The number of benzene rings is 1. The zero-order chi connectivity index (χ0) is 15.2. The molecule has 0 saturated carbocycles. The second kappa shape index (κ2) is 7.98. The fraction of sp³-hybridized carbons (Fsp3) is 0.600. The molecule has 1 aliphatic heterocycles. The molecule has 1 fully saturated rings. The zero-order valence-corrected chi connectivity index (χ0v) is 14.0. The highest BCUT2D eigenvalue weighted by molar-refractivity contribution is 9.10. The van der Waals surface area contributed by atoms with Crippen LogP contribution in [-0.2, 0) is 4.74 Å². The van der Waals surface area contributed by atoms with Crippen LogP contribution in [0.3, 0.4) is 0 Å². The van der Waals surface area contributed by atoms with Gasteiger partial charge in [0, 0.05) is 17.6 Å². The second-order valence-electron chi connectivity index (χ2n) is 5.01. The first-order valence-electron chi connectivity index (χ1n) is 7.06. The SMILES string of the molecule is COc1cc(Br)c(C(CO)NCC2CCCO2)cc1OC. The number of hydrogen-bond acceptors (Lipinski definition) is 5. The quantitative estimate of drug-likeness (QED) is 0.781. The lowest BCUT2D eigenvalue weighted by atomic mass is 10.1. The van der Waals surface area contributed by atoms with Crippen molar-refractivity contribution in [2.24, 2.45) is 0 Å². The van der Waals surface area contributed by atoms with E-state index in [1.54, 1.807) is 14.2 Å². The summed E-state index contributed by atoms with van der Waals surface area (Å²) in [5, 5.41) is 13.0. The smallest absolute Gasteiger partial charge is 0.161 e. The number of rotatable bonds is 7. The van der Waals surface area contributed by atoms with Crippen molar-refractivity contribution in [1.82, 2.24) is 5.32 Å². The van der Waals surface area contributed by atoms with E-state index in [2.05, 4.69) is 21.2 Å². The third-order valence-electron chi connectivity index (χ3n) is 3.68. The summed E-state index contributed by atoms with van der Waals surface area (Å²) in [4.78, 5) is 0. The molecule has 21 heavy (non-hydrogen) atoms. The number of aliphatic hydroxyl groups excluding tert-OH is 1. The van der Waals surface area contributed by atoms with Gasteiger partial charge in [-0.05, 0) is 30.5 Å². The molecule has 1 saturated heterocycles. The van der Waals surface area contributed by atoms with E-state index in [0.29, 0.717) is 11.5 Å². The average Bonchev–Trinajstić information content (AvgIpc) is 3.02. The number of halogens is 1. The molecule has 1 aliphatic rings. The summed E-state index contributed by atoms with van der Waals surface area (Å²) >= 11 is 3.53. The predicted molar refractivity (Wildman–Crippen MR) is 84.0 cm³/mol. The summed E-state index contributed by atoms with van der Waals surface area (Å²) in [6.07, 6.45) is 2.41. The predicted octanol–water partition coefficient (Wildman–Crippen LogP) is 2.27. The third kappa shape index (κ3) is 4.10. The minimum atomic E-state index is -0.177. The van der Waals surface area contributed by atoms with Gasteiger partial charge in [0.15, 0.2) is 11.5 Å². The van der Waals surface area contributed by atoms with Crippen LogP contribution in [0.5, 0.6) is 11.5 Å². The Kier molecular flexibility index (Phi) is 6.29. The number of methoxy groups -OCH3 is 2. The van der Waals surface area contributed by atoms with Gasteiger partial charge in [0.25, 0.3) is 0 Å². The van der Waals surface area contributed by atoms with Gasteiger partial charge >= 0.3 is 0 Å². The van der Waals surface area contributed by atoms with E-state index in [9.17, 15) is 5.11 Å². The van der Waals surface area contributed by atoms with Crippen LogP contribution >= 0.6 is 15.9 Å². The average molecular weight is 360 g/mol. The van der Waals surface area contributed by atoms with E-state index < -0.39 is 0 Å². The molecule has 0 bridgehead atoms. The summed E-state index contributed by atoms with van der Waals surface area (Å²) < 4.78 is 17.1. The Morgan fingerprint density at radius 2 is 2.10 bits per heavy atom. The highest BCUT2D eigenvalue weighted by Gasteiger charge is 2.21. The highest BCUT2D eigenvalue weighted by Crippen LogP contribution is 2.36. The normalized spacial score (nSPS) is 19.5. The van der Waals surface area contributed by atoms with Gasteiger partial charge in [-0.15, -0.1) is 0 Å². The molecule has 2 unspecified atom stereocenters. The molecule has 2 N–H and O–H groups in total. The first kappa shape index (κ1) is 16.5. The minimum Gasteiger partial charge on any atom is -0.493 e. The van der Waals surface area contributed by atoms with Crippen LogP contribution in [0.1, 0.15) is 24.4 Å². The van der Waals surface area contributed by atoms with Crippen LogP contribution in [0, 0.1) is 0 Å². The first-order chi connectivity index (χ1) is 10.2. The van der Waals surface area contributed by atoms with Crippen molar-refractivity contribution in [2.75, 3.05) is 34.0 Å². The Hall–Kier alpha value is -0.820. The molecule has 6 heteroatoms. The maximum atomic E-state index is 9.67. The van der Waals surface area contributed by atoms with Gasteiger partial charge in [0.1, 0.15) is 0 Å².